The highest BCUT2D eigenvalue weighted by molar-refractivity contribution is 7.98. The molecule has 172 valence electrons. The van der Waals surface area contributed by atoms with E-state index in [2.05, 4.69) is 15.3 Å². The number of methoxy groups -OCH3 is 1. The quantitative estimate of drug-likeness (QED) is 0.326. The second-order valence-corrected chi connectivity index (χ2v) is 8.80. The number of rotatable bonds is 6. The summed E-state index contributed by atoms with van der Waals surface area (Å²) in [5.74, 6) is 1.70. The highest BCUT2D eigenvalue weighted by Gasteiger charge is 2.18. The number of benzene rings is 3. The first-order chi connectivity index (χ1) is 17.2. The average Bonchev–Trinajstić information content (AvgIpc) is 3.56. The zero-order chi connectivity index (χ0) is 23.8. The van der Waals surface area contributed by atoms with E-state index in [1.807, 2.05) is 100 Å². The van der Waals surface area contributed by atoms with Gasteiger partial charge < -0.3 is 4.74 Å². The van der Waals surface area contributed by atoms with Gasteiger partial charge in [-0.2, -0.15) is 5.10 Å². The van der Waals surface area contributed by atoms with Gasteiger partial charge in [-0.15, -0.1) is 10.2 Å². The van der Waals surface area contributed by atoms with Gasteiger partial charge in [-0.05, 0) is 42.5 Å². The molecule has 9 heteroatoms. The first-order valence-electron chi connectivity index (χ1n) is 11.0. The van der Waals surface area contributed by atoms with Gasteiger partial charge in [0.2, 0.25) is 5.78 Å². The van der Waals surface area contributed by atoms with Crippen LogP contribution in [0.5, 0.6) is 5.75 Å². The second-order valence-electron chi connectivity index (χ2n) is 7.85. The molecule has 0 aliphatic rings. The number of nitrogens with zero attached hydrogens (tertiary/aromatic N) is 6. The Morgan fingerprint density at radius 2 is 1.69 bits per heavy atom. The zero-order valence-electron chi connectivity index (χ0n) is 18.8. The van der Waals surface area contributed by atoms with Crippen molar-refractivity contribution >= 4 is 28.4 Å². The Kier molecular flexibility index (Phi) is 5.31. The normalized spacial score (nSPS) is 11.3. The van der Waals surface area contributed by atoms with Crippen LogP contribution >= 0.6 is 11.8 Å². The molecule has 0 unspecified atom stereocenters. The monoisotopic (exact) mass is 480 g/mol. The maximum Gasteiger partial charge on any atom is 0.267 e. The van der Waals surface area contributed by atoms with E-state index < -0.39 is 0 Å². The Morgan fingerprint density at radius 3 is 2.54 bits per heavy atom. The smallest absolute Gasteiger partial charge is 0.267 e. The van der Waals surface area contributed by atoms with Crippen molar-refractivity contribution in [2.75, 3.05) is 7.11 Å². The topological polar surface area (TPSA) is 79.2 Å². The molecule has 0 spiro atoms. The minimum atomic E-state index is -0.160. The van der Waals surface area contributed by atoms with Crippen LogP contribution in [-0.2, 0) is 5.75 Å². The fraction of sp³-hybridized carbons (Fsp3) is 0.0769. The first kappa shape index (κ1) is 21.2. The van der Waals surface area contributed by atoms with Gasteiger partial charge in [0, 0.05) is 18.0 Å². The fourth-order valence-electron chi connectivity index (χ4n) is 4.06. The molecule has 0 radical (unpaired) electrons. The van der Waals surface area contributed by atoms with Crippen molar-refractivity contribution in [2.45, 2.75) is 10.9 Å². The van der Waals surface area contributed by atoms with Gasteiger partial charge in [-0.25, -0.2) is 9.25 Å². The minimum absolute atomic E-state index is 0.160. The first-order valence-corrected chi connectivity index (χ1v) is 12.0. The molecule has 3 aromatic carbocycles. The van der Waals surface area contributed by atoms with Crippen LogP contribution in [0.4, 0.5) is 0 Å². The van der Waals surface area contributed by atoms with Crippen molar-refractivity contribution < 1.29 is 4.74 Å². The number of hydrogen-bond donors (Lipinski definition) is 0. The van der Waals surface area contributed by atoms with E-state index in [9.17, 15) is 4.79 Å². The molecule has 0 aliphatic heterocycles. The molecule has 0 bridgehead atoms. The molecular weight excluding hydrogens is 460 g/mol. The standard InChI is InChI=1S/C26H20N6O2S/c1-34-21-11-7-10-20(16-21)31-24(33)22-12-5-6-13-23(22)32-25(31)27-28-26(32)35-17-18-14-15-30(29-18)19-8-3-2-4-9-19/h2-16H,17H2,1H3. The van der Waals surface area contributed by atoms with E-state index in [4.69, 9.17) is 4.74 Å². The van der Waals surface area contributed by atoms with Gasteiger partial charge in [0.05, 0.1) is 35.1 Å². The van der Waals surface area contributed by atoms with E-state index >= 15 is 0 Å². The average molecular weight is 481 g/mol. The summed E-state index contributed by atoms with van der Waals surface area (Å²) in [6.07, 6.45) is 1.95. The summed E-state index contributed by atoms with van der Waals surface area (Å²) < 4.78 is 10.7. The summed E-state index contributed by atoms with van der Waals surface area (Å²) in [5.41, 5.74) is 3.18. The van der Waals surface area contributed by atoms with E-state index in [1.165, 1.54) is 11.8 Å². The van der Waals surface area contributed by atoms with Crippen LogP contribution in [0.1, 0.15) is 5.69 Å². The number of hydrogen-bond acceptors (Lipinski definition) is 6. The number of fused-ring (bicyclic) bond motifs is 3. The maximum atomic E-state index is 13.5. The Hall–Kier alpha value is -4.37. The zero-order valence-corrected chi connectivity index (χ0v) is 19.6. The highest BCUT2D eigenvalue weighted by atomic mass is 32.2. The Labute approximate surface area is 204 Å². The van der Waals surface area contributed by atoms with Crippen LogP contribution in [0.25, 0.3) is 28.1 Å². The van der Waals surface area contributed by atoms with Gasteiger partial charge in [-0.3, -0.25) is 9.20 Å². The van der Waals surface area contributed by atoms with Crippen LogP contribution in [-0.4, -0.2) is 36.1 Å². The van der Waals surface area contributed by atoms with Gasteiger partial charge in [0.15, 0.2) is 5.16 Å². The van der Waals surface area contributed by atoms with Crippen LogP contribution in [0, 0.1) is 0 Å². The number of ether oxygens (including phenoxy) is 1. The van der Waals surface area contributed by atoms with Crippen molar-refractivity contribution in [2.24, 2.45) is 0 Å². The predicted octanol–water partition coefficient (Wildman–Crippen LogP) is 4.52. The number of thioether (sulfide) groups is 1. The molecule has 6 rings (SSSR count). The third-order valence-electron chi connectivity index (χ3n) is 5.72. The molecule has 0 atom stereocenters. The van der Waals surface area contributed by atoms with Crippen LogP contribution in [0.3, 0.4) is 0 Å². The molecule has 0 saturated heterocycles. The lowest BCUT2D eigenvalue weighted by molar-refractivity contribution is 0.414. The van der Waals surface area contributed by atoms with Gasteiger partial charge >= 0.3 is 0 Å². The Morgan fingerprint density at radius 1 is 0.886 bits per heavy atom. The highest BCUT2D eigenvalue weighted by Crippen LogP contribution is 2.26. The van der Waals surface area contributed by atoms with Crippen LogP contribution in [0.15, 0.2) is 101 Å². The van der Waals surface area contributed by atoms with Crippen LogP contribution < -0.4 is 10.3 Å². The third-order valence-corrected chi connectivity index (χ3v) is 6.68. The lowest BCUT2D eigenvalue weighted by atomic mass is 10.2. The van der Waals surface area contributed by atoms with Crippen LogP contribution in [0.2, 0.25) is 0 Å². The van der Waals surface area contributed by atoms with Crippen molar-refractivity contribution in [3.05, 3.63) is 107 Å². The summed E-state index contributed by atoms with van der Waals surface area (Å²) in [4.78, 5) is 13.5. The number of aromatic nitrogens is 6. The molecule has 0 fully saturated rings. The van der Waals surface area contributed by atoms with E-state index in [0.29, 0.717) is 33.5 Å². The van der Waals surface area contributed by atoms with Gasteiger partial charge in [0.25, 0.3) is 5.56 Å². The van der Waals surface area contributed by atoms with E-state index in [1.54, 1.807) is 11.7 Å². The molecule has 0 aliphatic carbocycles. The lowest BCUT2D eigenvalue weighted by Gasteiger charge is -2.12. The Bertz CT molecular complexity index is 1720. The SMILES string of the molecule is COc1cccc(-n2c(=O)c3ccccc3n3c(SCc4ccn(-c5ccccc5)n4)nnc23)c1. The second kappa shape index (κ2) is 8.77. The van der Waals surface area contributed by atoms with Crippen molar-refractivity contribution in [1.82, 2.24) is 28.9 Å². The largest absolute Gasteiger partial charge is 0.497 e. The van der Waals surface area contributed by atoms with E-state index in [0.717, 1.165) is 16.9 Å². The van der Waals surface area contributed by atoms with Crippen molar-refractivity contribution in [3.8, 4) is 17.1 Å². The summed E-state index contributed by atoms with van der Waals surface area (Å²) in [6, 6.07) is 26.8. The molecule has 0 amide bonds. The maximum absolute atomic E-state index is 13.5. The molecule has 8 nitrogen and oxygen atoms in total. The summed E-state index contributed by atoms with van der Waals surface area (Å²) in [5, 5.41) is 14.8. The fourth-order valence-corrected chi connectivity index (χ4v) is 4.89. The van der Waals surface area contributed by atoms with Gasteiger partial charge in [0.1, 0.15) is 5.75 Å². The number of para-hydroxylation sites is 2. The van der Waals surface area contributed by atoms with Crippen molar-refractivity contribution in [1.29, 1.82) is 0 Å². The predicted molar refractivity (Wildman–Crippen MR) is 136 cm³/mol. The molecule has 3 aromatic heterocycles. The summed E-state index contributed by atoms with van der Waals surface area (Å²) in [7, 11) is 1.60. The molecule has 6 aromatic rings. The Balaban J connectivity index is 1.43. The molecule has 3 heterocycles. The molecule has 0 saturated carbocycles. The van der Waals surface area contributed by atoms with Gasteiger partial charge in [-0.1, -0.05) is 48.2 Å². The summed E-state index contributed by atoms with van der Waals surface area (Å²) >= 11 is 1.52. The van der Waals surface area contributed by atoms with E-state index in [-0.39, 0.29) is 5.56 Å². The molecule has 35 heavy (non-hydrogen) atoms. The third kappa shape index (κ3) is 3.75. The lowest BCUT2D eigenvalue weighted by Crippen LogP contribution is -2.21. The summed E-state index contributed by atoms with van der Waals surface area (Å²) in [6.45, 7) is 0. The van der Waals surface area contributed by atoms with Crippen molar-refractivity contribution in [3.63, 3.8) is 0 Å². The molecule has 0 N–H and O–H groups in total. The molecular formula is C26H20N6O2S. The minimum Gasteiger partial charge on any atom is -0.497 e.